The van der Waals surface area contributed by atoms with Crippen LogP contribution in [0.3, 0.4) is 0 Å². The van der Waals surface area contributed by atoms with E-state index in [0.29, 0.717) is 27.9 Å². The summed E-state index contributed by atoms with van der Waals surface area (Å²) in [4.78, 5) is 23.3. The number of amides is 1. The van der Waals surface area contributed by atoms with Gasteiger partial charge >= 0.3 is 6.61 Å². The van der Waals surface area contributed by atoms with Crippen molar-refractivity contribution in [3.05, 3.63) is 41.3 Å². The molecule has 3 rings (SSSR count). The molecule has 1 atom stereocenters. The highest BCUT2D eigenvalue weighted by atomic mass is 35.5. The van der Waals surface area contributed by atoms with Gasteiger partial charge in [0.05, 0.1) is 36.8 Å². The second kappa shape index (κ2) is 8.49. The molecule has 0 saturated heterocycles. The fraction of sp³-hybridized carbons (Fsp3) is 0.278. The number of ether oxygens (including phenoxy) is 2. The Labute approximate surface area is 164 Å². The van der Waals surface area contributed by atoms with Crippen molar-refractivity contribution >= 4 is 28.4 Å². The summed E-state index contributed by atoms with van der Waals surface area (Å²) in [5.41, 5.74) is 2.72. The van der Waals surface area contributed by atoms with Crippen LogP contribution in [0.15, 0.2) is 30.6 Å². The van der Waals surface area contributed by atoms with Gasteiger partial charge in [-0.25, -0.2) is 9.97 Å². The minimum absolute atomic E-state index is 0.125. The van der Waals surface area contributed by atoms with Crippen LogP contribution in [0.4, 0.5) is 8.78 Å². The molecule has 0 saturated carbocycles. The molecule has 1 amide bonds. The number of halogens is 3. The molecule has 0 aliphatic heterocycles. The van der Waals surface area contributed by atoms with Gasteiger partial charge in [0.25, 0.3) is 0 Å². The maximum absolute atomic E-state index is 12.2. The van der Waals surface area contributed by atoms with Gasteiger partial charge in [-0.05, 0) is 25.1 Å². The van der Waals surface area contributed by atoms with Crippen LogP contribution in [0.1, 0.15) is 12.6 Å². The number of carbonyl (C=O) groups excluding carboxylic acids is 1. The first-order chi connectivity index (χ1) is 13.4. The first kappa shape index (κ1) is 20.0. The summed E-state index contributed by atoms with van der Waals surface area (Å²) in [7, 11) is 1.50. The van der Waals surface area contributed by atoms with Crippen molar-refractivity contribution in [1.82, 2.24) is 20.3 Å². The zero-order valence-corrected chi connectivity index (χ0v) is 15.8. The second-order valence-electron chi connectivity index (χ2n) is 5.91. The molecule has 2 heterocycles. The van der Waals surface area contributed by atoms with Gasteiger partial charge in [0.2, 0.25) is 11.8 Å². The number of alkyl halides is 2. The van der Waals surface area contributed by atoms with Gasteiger partial charge in [-0.3, -0.25) is 4.79 Å². The van der Waals surface area contributed by atoms with Crippen molar-refractivity contribution in [3.63, 3.8) is 0 Å². The quantitative estimate of drug-likeness (QED) is 0.622. The van der Waals surface area contributed by atoms with E-state index < -0.39 is 18.6 Å². The number of nitrogens with one attached hydrogen (secondary N) is 2. The first-order valence-corrected chi connectivity index (χ1v) is 8.64. The van der Waals surface area contributed by atoms with E-state index in [2.05, 4.69) is 25.0 Å². The average Bonchev–Trinajstić information content (AvgIpc) is 3.06. The van der Waals surface area contributed by atoms with Crippen LogP contribution in [0, 0.1) is 0 Å². The predicted octanol–water partition coefficient (Wildman–Crippen LogP) is 3.53. The number of benzene rings is 1. The number of aromatic amines is 1. The summed E-state index contributed by atoms with van der Waals surface area (Å²) in [6.07, 6.45) is 1.80. The molecule has 0 aliphatic rings. The lowest BCUT2D eigenvalue weighted by Gasteiger charge is -2.11. The van der Waals surface area contributed by atoms with Crippen LogP contribution in [0.25, 0.3) is 22.2 Å². The number of hydrogen-bond donors (Lipinski definition) is 2. The second-order valence-corrected chi connectivity index (χ2v) is 6.32. The van der Waals surface area contributed by atoms with Crippen molar-refractivity contribution in [2.24, 2.45) is 0 Å². The Bertz CT molecular complexity index is 979. The lowest BCUT2D eigenvalue weighted by molar-refractivity contribution is -0.172. The minimum Gasteiger partial charge on any atom is -0.480 e. The predicted molar refractivity (Wildman–Crippen MR) is 99.3 cm³/mol. The van der Waals surface area contributed by atoms with Gasteiger partial charge in [0.15, 0.2) is 0 Å². The zero-order valence-electron chi connectivity index (χ0n) is 15.0. The first-order valence-electron chi connectivity index (χ1n) is 8.26. The van der Waals surface area contributed by atoms with E-state index in [1.165, 1.54) is 20.2 Å². The van der Waals surface area contributed by atoms with E-state index in [-0.39, 0.29) is 6.54 Å². The topological polar surface area (TPSA) is 89.1 Å². The van der Waals surface area contributed by atoms with E-state index >= 15 is 0 Å². The summed E-state index contributed by atoms with van der Waals surface area (Å²) in [6.45, 7) is -1.62. The molecule has 0 spiro atoms. The SMILES string of the molecule is COc1cnc(-c2cc3[nH]c(CNC(=O)C(C)OC(F)F)cc3cc2Cl)cn1. The van der Waals surface area contributed by atoms with Crippen molar-refractivity contribution in [2.75, 3.05) is 7.11 Å². The van der Waals surface area contributed by atoms with Crippen LogP contribution < -0.4 is 10.1 Å². The third kappa shape index (κ3) is 4.55. The number of nitrogens with zero attached hydrogens (tertiary/aromatic N) is 2. The normalized spacial score (nSPS) is 12.4. The Morgan fingerprint density at radius 1 is 1.29 bits per heavy atom. The number of fused-ring (bicyclic) bond motifs is 1. The third-order valence-electron chi connectivity index (χ3n) is 4.01. The summed E-state index contributed by atoms with van der Waals surface area (Å²) < 4.78 is 33.5. The molecule has 2 N–H and O–H groups in total. The van der Waals surface area contributed by atoms with Gasteiger partial charge in [-0.2, -0.15) is 8.78 Å². The highest BCUT2D eigenvalue weighted by Crippen LogP contribution is 2.31. The smallest absolute Gasteiger partial charge is 0.346 e. The van der Waals surface area contributed by atoms with Gasteiger partial charge in [0.1, 0.15) is 6.10 Å². The number of hydrogen-bond acceptors (Lipinski definition) is 5. The number of aromatic nitrogens is 3. The molecule has 0 aliphatic carbocycles. The summed E-state index contributed by atoms with van der Waals surface area (Å²) in [6, 6.07) is 5.40. The Kier molecular flexibility index (Phi) is 6.05. The molecule has 3 aromatic rings. The fourth-order valence-corrected chi connectivity index (χ4v) is 2.88. The molecule has 0 radical (unpaired) electrons. The highest BCUT2D eigenvalue weighted by molar-refractivity contribution is 6.34. The maximum Gasteiger partial charge on any atom is 0.346 e. The molecule has 0 bridgehead atoms. The molecule has 10 heteroatoms. The van der Waals surface area contributed by atoms with Crippen LogP contribution in [0.5, 0.6) is 5.88 Å². The summed E-state index contributed by atoms with van der Waals surface area (Å²) >= 11 is 6.37. The number of methoxy groups -OCH3 is 1. The molecular formula is C18H17ClF2N4O3. The molecule has 148 valence electrons. The lowest BCUT2D eigenvalue weighted by atomic mass is 10.1. The van der Waals surface area contributed by atoms with Crippen LogP contribution in [0.2, 0.25) is 5.02 Å². The Morgan fingerprint density at radius 3 is 2.71 bits per heavy atom. The largest absolute Gasteiger partial charge is 0.480 e. The number of H-pyrrole nitrogens is 1. The van der Waals surface area contributed by atoms with E-state index in [1.54, 1.807) is 12.3 Å². The van der Waals surface area contributed by atoms with Gasteiger partial charge in [-0.15, -0.1) is 0 Å². The molecule has 1 aromatic carbocycles. The molecule has 0 fully saturated rings. The number of carbonyl (C=O) groups is 1. The van der Waals surface area contributed by atoms with E-state index in [4.69, 9.17) is 16.3 Å². The van der Waals surface area contributed by atoms with Crippen molar-refractivity contribution in [1.29, 1.82) is 0 Å². The standard InChI is InChI=1S/C18H17ClF2N4O3/c1-9(28-18(20)21)17(26)24-6-11-3-10-4-13(19)12(5-14(10)25-11)15-7-23-16(27-2)8-22-15/h3-5,7-9,18,25H,6H2,1-2H3,(H,24,26). The zero-order chi connectivity index (χ0) is 20.3. The molecule has 2 aromatic heterocycles. The van der Waals surface area contributed by atoms with E-state index in [1.807, 2.05) is 12.1 Å². The Hall–Kier alpha value is -2.78. The Morgan fingerprint density at radius 2 is 2.07 bits per heavy atom. The monoisotopic (exact) mass is 410 g/mol. The minimum atomic E-state index is -3.00. The van der Waals surface area contributed by atoms with Crippen LogP contribution >= 0.6 is 11.6 Å². The molecule has 1 unspecified atom stereocenters. The lowest BCUT2D eigenvalue weighted by Crippen LogP contribution is -2.35. The van der Waals surface area contributed by atoms with Crippen molar-refractivity contribution in [2.45, 2.75) is 26.2 Å². The highest BCUT2D eigenvalue weighted by Gasteiger charge is 2.18. The van der Waals surface area contributed by atoms with E-state index in [9.17, 15) is 13.6 Å². The molecule has 28 heavy (non-hydrogen) atoms. The van der Waals surface area contributed by atoms with Crippen molar-refractivity contribution in [3.8, 4) is 17.1 Å². The maximum atomic E-state index is 12.2. The average molecular weight is 411 g/mol. The van der Waals surface area contributed by atoms with Crippen LogP contribution in [-0.2, 0) is 16.1 Å². The van der Waals surface area contributed by atoms with Crippen LogP contribution in [-0.4, -0.2) is 40.7 Å². The Balaban J connectivity index is 1.77. The number of rotatable bonds is 7. The van der Waals surface area contributed by atoms with Gasteiger partial charge < -0.3 is 19.8 Å². The third-order valence-corrected chi connectivity index (χ3v) is 4.32. The molecule has 7 nitrogen and oxygen atoms in total. The molecular weight excluding hydrogens is 394 g/mol. The van der Waals surface area contributed by atoms with Gasteiger partial charge in [-0.1, -0.05) is 11.6 Å². The summed E-state index contributed by atoms with van der Waals surface area (Å²) in [5, 5.41) is 3.86. The van der Waals surface area contributed by atoms with Gasteiger partial charge in [0, 0.05) is 22.2 Å². The fourth-order valence-electron chi connectivity index (χ4n) is 2.61. The summed E-state index contributed by atoms with van der Waals surface area (Å²) in [5.74, 6) is -0.241. The van der Waals surface area contributed by atoms with E-state index in [0.717, 1.165) is 10.9 Å². The van der Waals surface area contributed by atoms with Crippen molar-refractivity contribution < 1.29 is 23.0 Å².